The van der Waals surface area contributed by atoms with Crippen molar-refractivity contribution < 1.29 is 9.53 Å². The fourth-order valence-electron chi connectivity index (χ4n) is 0.523. The van der Waals surface area contributed by atoms with Crippen molar-refractivity contribution in [1.29, 1.82) is 0 Å². The molecule has 0 rings (SSSR count). The summed E-state index contributed by atoms with van der Waals surface area (Å²) in [6, 6.07) is 0. The van der Waals surface area contributed by atoms with Gasteiger partial charge in [-0.25, -0.2) is 0 Å². The summed E-state index contributed by atoms with van der Waals surface area (Å²) in [4.78, 5) is 10.6. The van der Waals surface area contributed by atoms with E-state index in [2.05, 4.69) is 6.92 Å². The van der Waals surface area contributed by atoms with Crippen molar-refractivity contribution in [2.75, 3.05) is 6.61 Å². The van der Waals surface area contributed by atoms with Crippen molar-refractivity contribution in [1.82, 2.24) is 0 Å². The van der Waals surface area contributed by atoms with Crippen molar-refractivity contribution >= 4 is 5.97 Å². The molecule has 2 nitrogen and oxygen atoms in total. The van der Waals surface area contributed by atoms with Crippen LogP contribution in [0.2, 0.25) is 0 Å². The first kappa shape index (κ1) is 10.2. The maximum Gasteiger partial charge on any atom is 0.305 e. The Morgan fingerprint density at radius 3 is 2.45 bits per heavy atom. The summed E-state index contributed by atoms with van der Waals surface area (Å²) in [7, 11) is 0. The molecule has 0 atom stereocenters. The van der Waals surface area contributed by atoms with Gasteiger partial charge in [0, 0.05) is 6.42 Å². The maximum absolute atomic E-state index is 10.6. The second kappa shape index (κ2) is 5.96. The van der Waals surface area contributed by atoms with Crippen LogP contribution in [0, 0.1) is 0 Å². The fourth-order valence-corrected chi connectivity index (χ4v) is 0.523. The zero-order chi connectivity index (χ0) is 8.69. The molecule has 0 spiro atoms. The molecule has 0 heterocycles. The lowest BCUT2D eigenvalue weighted by atomic mass is 10.2. The Morgan fingerprint density at radius 2 is 2.00 bits per heavy atom. The molecule has 0 saturated carbocycles. The summed E-state index contributed by atoms with van der Waals surface area (Å²) in [6.45, 7) is 6.32. The van der Waals surface area contributed by atoms with Crippen LogP contribution >= 0.6 is 0 Å². The van der Waals surface area contributed by atoms with Crippen LogP contribution in [0.5, 0.6) is 0 Å². The Balaban J connectivity index is 3.48. The van der Waals surface area contributed by atoms with E-state index in [1.165, 1.54) is 5.57 Å². The first-order valence-corrected chi connectivity index (χ1v) is 4.02. The molecule has 0 saturated heterocycles. The highest BCUT2D eigenvalue weighted by Gasteiger charge is 1.94. The summed E-state index contributed by atoms with van der Waals surface area (Å²) in [6.07, 6.45) is 3.41. The van der Waals surface area contributed by atoms with Crippen LogP contribution in [-0.4, -0.2) is 12.6 Å². The Morgan fingerprint density at radius 1 is 1.36 bits per heavy atom. The zero-order valence-corrected chi connectivity index (χ0v) is 7.52. The lowest BCUT2D eigenvalue weighted by Crippen LogP contribution is -2.01. The first-order chi connectivity index (χ1) is 5.20. The van der Waals surface area contributed by atoms with Gasteiger partial charge in [-0.3, -0.25) is 4.79 Å². The molecule has 0 aromatic heterocycles. The number of allylic oxidation sites excluding steroid dienone is 1. The van der Waals surface area contributed by atoms with Gasteiger partial charge in [-0.2, -0.15) is 0 Å². The zero-order valence-electron chi connectivity index (χ0n) is 7.52. The van der Waals surface area contributed by atoms with Crippen molar-refractivity contribution in [3.63, 3.8) is 0 Å². The van der Waals surface area contributed by atoms with E-state index >= 15 is 0 Å². The number of carbonyl (C=O) groups is 1. The highest BCUT2D eigenvalue weighted by molar-refractivity contribution is 5.68. The number of hydrogen-bond donors (Lipinski definition) is 0. The van der Waals surface area contributed by atoms with Crippen LogP contribution in [0.3, 0.4) is 0 Å². The van der Waals surface area contributed by atoms with Crippen LogP contribution < -0.4 is 0 Å². The summed E-state index contributed by atoms with van der Waals surface area (Å²) in [5.74, 6) is -0.134. The third kappa shape index (κ3) is 5.64. The van der Waals surface area contributed by atoms with E-state index in [0.29, 0.717) is 13.0 Å². The highest BCUT2D eigenvalue weighted by atomic mass is 16.5. The number of carbonyl (C=O) groups excluding carboxylic acids is 1. The molecule has 0 aliphatic heterocycles. The van der Waals surface area contributed by atoms with Crippen LogP contribution in [0.1, 0.15) is 33.6 Å². The molecule has 0 N–H and O–H groups in total. The number of esters is 1. The van der Waals surface area contributed by atoms with E-state index in [4.69, 9.17) is 4.74 Å². The Kier molecular flexibility index (Phi) is 5.53. The molecule has 0 radical (unpaired) electrons. The van der Waals surface area contributed by atoms with Gasteiger partial charge >= 0.3 is 5.97 Å². The quantitative estimate of drug-likeness (QED) is 0.461. The molecule has 0 fully saturated rings. The summed E-state index contributed by atoms with van der Waals surface area (Å²) < 4.78 is 4.85. The Hall–Kier alpha value is -0.790. The standard InChI is InChI=1S/C9H16O2/c1-4-8(3)6-7-11-9(10)5-2/h6H,4-5,7H2,1-3H3/b8-6-. The third-order valence-electron chi connectivity index (χ3n) is 1.52. The van der Waals surface area contributed by atoms with Crippen LogP contribution in [-0.2, 0) is 9.53 Å². The average molecular weight is 156 g/mol. The molecular weight excluding hydrogens is 140 g/mol. The summed E-state index contributed by atoms with van der Waals surface area (Å²) >= 11 is 0. The normalized spacial score (nSPS) is 11.4. The van der Waals surface area contributed by atoms with Crippen molar-refractivity contribution in [3.8, 4) is 0 Å². The number of hydrogen-bond acceptors (Lipinski definition) is 2. The lowest BCUT2D eigenvalue weighted by molar-refractivity contribution is -0.141. The van der Waals surface area contributed by atoms with Gasteiger partial charge in [-0.1, -0.05) is 19.4 Å². The van der Waals surface area contributed by atoms with Crippen LogP contribution in [0.25, 0.3) is 0 Å². The Bertz CT molecular complexity index is 148. The topological polar surface area (TPSA) is 26.3 Å². The molecule has 2 heteroatoms. The molecule has 0 bridgehead atoms. The van der Waals surface area contributed by atoms with Gasteiger partial charge in [0.1, 0.15) is 6.61 Å². The molecule has 0 aromatic rings. The smallest absolute Gasteiger partial charge is 0.305 e. The van der Waals surface area contributed by atoms with E-state index in [9.17, 15) is 4.79 Å². The van der Waals surface area contributed by atoms with Gasteiger partial charge in [0.2, 0.25) is 0 Å². The largest absolute Gasteiger partial charge is 0.461 e. The minimum absolute atomic E-state index is 0.134. The SMILES string of the molecule is CCC(=O)OC/C=C(/C)CC. The maximum atomic E-state index is 10.6. The molecule has 0 aliphatic carbocycles. The number of rotatable bonds is 4. The summed E-state index contributed by atoms with van der Waals surface area (Å²) in [5.41, 5.74) is 1.26. The second-order valence-electron chi connectivity index (χ2n) is 2.44. The molecule has 0 aromatic carbocycles. The van der Waals surface area contributed by atoms with Crippen molar-refractivity contribution in [2.24, 2.45) is 0 Å². The molecule has 64 valence electrons. The van der Waals surface area contributed by atoms with E-state index in [1.54, 1.807) is 6.92 Å². The van der Waals surface area contributed by atoms with Gasteiger partial charge in [0.15, 0.2) is 0 Å². The van der Waals surface area contributed by atoms with Gasteiger partial charge < -0.3 is 4.74 Å². The van der Waals surface area contributed by atoms with Gasteiger partial charge in [0.25, 0.3) is 0 Å². The first-order valence-electron chi connectivity index (χ1n) is 4.02. The highest BCUT2D eigenvalue weighted by Crippen LogP contribution is 1.97. The third-order valence-corrected chi connectivity index (χ3v) is 1.52. The van der Waals surface area contributed by atoms with Crippen LogP contribution in [0.4, 0.5) is 0 Å². The molecule has 0 unspecified atom stereocenters. The fraction of sp³-hybridized carbons (Fsp3) is 0.667. The van der Waals surface area contributed by atoms with E-state index in [1.807, 2.05) is 13.0 Å². The predicted molar refractivity (Wildman–Crippen MR) is 45.3 cm³/mol. The second-order valence-corrected chi connectivity index (χ2v) is 2.44. The average Bonchev–Trinajstić information content (AvgIpc) is 2.04. The summed E-state index contributed by atoms with van der Waals surface area (Å²) in [5, 5.41) is 0. The van der Waals surface area contributed by atoms with Gasteiger partial charge in [-0.05, 0) is 19.4 Å². The molecule has 11 heavy (non-hydrogen) atoms. The van der Waals surface area contributed by atoms with Gasteiger partial charge in [0.05, 0.1) is 0 Å². The minimum atomic E-state index is -0.134. The van der Waals surface area contributed by atoms with Crippen molar-refractivity contribution in [2.45, 2.75) is 33.6 Å². The van der Waals surface area contributed by atoms with Crippen LogP contribution in [0.15, 0.2) is 11.6 Å². The molecular formula is C9H16O2. The lowest BCUT2D eigenvalue weighted by Gasteiger charge is -1.99. The Labute approximate surface area is 68.2 Å². The minimum Gasteiger partial charge on any atom is -0.461 e. The van der Waals surface area contributed by atoms with E-state index in [0.717, 1.165) is 6.42 Å². The number of ether oxygens (including phenoxy) is 1. The predicted octanol–water partition coefficient (Wildman–Crippen LogP) is 2.30. The molecule has 0 amide bonds. The monoisotopic (exact) mass is 156 g/mol. The van der Waals surface area contributed by atoms with E-state index in [-0.39, 0.29) is 5.97 Å². The van der Waals surface area contributed by atoms with Crippen molar-refractivity contribution in [3.05, 3.63) is 11.6 Å². The van der Waals surface area contributed by atoms with E-state index < -0.39 is 0 Å². The van der Waals surface area contributed by atoms with Gasteiger partial charge in [-0.15, -0.1) is 0 Å². The molecule has 0 aliphatic rings.